The molecule has 2 saturated heterocycles. The Balaban J connectivity index is 1.60. The molecule has 0 spiro atoms. The maximum atomic E-state index is 13.3. The molecule has 0 bridgehead atoms. The van der Waals surface area contributed by atoms with Gasteiger partial charge in [-0.3, -0.25) is 14.4 Å². The number of rotatable bonds is 17. The van der Waals surface area contributed by atoms with E-state index in [0.717, 1.165) is 11.6 Å². The van der Waals surface area contributed by atoms with Crippen LogP contribution in [0.15, 0.2) is 101 Å². The lowest BCUT2D eigenvalue weighted by Crippen LogP contribution is -2.69. The van der Waals surface area contributed by atoms with Crippen LogP contribution in [0.5, 0.6) is 5.88 Å². The first-order valence-corrected chi connectivity index (χ1v) is 19.1. The highest BCUT2D eigenvalue weighted by atomic mass is 16.7. The number of aromatic amines is 1. The number of pyridine rings is 1. The van der Waals surface area contributed by atoms with Gasteiger partial charge in [-0.15, -0.1) is 0 Å². The van der Waals surface area contributed by atoms with Gasteiger partial charge in [-0.1, -0.05) is 101 Å². The number of ketones is 1. The smallest absolute Gasteiger partial charge is 0.228 e. The number of aliphatic hydroxyl groups is 5. The maximum Gasteiger partial charge on any atom is 0.228 e. The fourth-order valence-electron chi connectivity index (χ4n) is 7.12. The molecule has 3 rings (SSSR count). The highest BCUT2D eigenvalue weighted by Crippen LogP contribution is 2.44. The molecule has 8 N–H and O–H groups in total. The number of hydrogen-bond donors (Lipinski definition) is 8. The minimum absolute atomic E-state index is 0.0817. The van der Waals surface area contributed by atoms with Crippen molar-refractivity contribution in [2.24, 2.45) is 17.3 Å². The Labute approximate surface area is 334 Å². The average molecular weight is 797 g/mol. The second-order valence-corrected chi connectivity index (χ2v) is 15.0. The van der Waals surface area contributed by atoms with E-state index in [1.54, 1.807) is 81.5 Å². The first-order valence-electron chi connectivity index (χ1n) is 19.1. The second-order valence-electron chi connectivity index (χ2n) is 15.0. The Kier molecular flexibility index (Phi) is 17.3. The van der Waals surface area contributed by atoms with Crippen LogP contribution in [-0.2, 0) is 19.0 Å². The number of Topliss-reactive ketones (excluding diaryl/α,β-unsaturated/α-hetero) is 1. The number of aromatic hydroxyl groups is 1. The Morgan fingerprint density at radius 1 is 1.00 bits per heavy atom. The summed E-state index contributed by atoms with van der Waals surface area (Å²) in [6.07, 6.45) is 12.8. The number of hydrogen-bond acceptors (Lipinski definition) is 12. The standard InChI is InChI=1S/C43H60N2O12/c1-9-11-13-21-31-42(6,7)38(50)39(51)43(54,57-31)28(10-2)40(52)44-23-17-16-19-26(4)36(55-8)27(5)37-35(49)34(48)30(56-37)20-15-12-14-18-25(3)33(47)32-29(46)22-24-45-41(32)53/h9,11-22,24,27-28,30-31,34-39,48-51,54H,10,23H2,1-8H3,(H,44,52)(H2,45,46,53)/b11-9+,14-12+,17-16+,20-15+,21-13+,25-18+,26-19+/t27-,28-,30-,31+,34+,35+,36-,37+,38+,39-,43-/m1/s1. The largest absolute Gasteiger partial charge is 0.494 e. The van der Waals surface area contributed by atoms with Crippen molar-refractivity contribution in [2.75, 3.05) is 13.7 Å². The zero-order valence-corrected chi connectivity index (χ0v) is 33.9. The zero-order valence-electron chi connectivity index (χ0n) is 33.9. The van der Waals surface area contributed by atoms with Gasteiger partial charge in [-0.2, -0.15) is 0 Å². The molecule has 3 heterocycles. The van der Waals surface area contributed by atoms with Crippen molar-refractivity contribution in [3.8, 4) is 5.88 Å². The Hall–Kier alpha value is -4.25. The third kappa shape index (κ3) is 11.0. The molecular weight excluding hydrogens is 736 g/mol. The van der Waals surface area contributed by atoms with Crippen molar-refractivity contribution in [1.29, 1.82) is 0 Å². The number of aromatic nitrogens is 1. The van der Waals surface area contributed by atoms with Crippen molar-refractivity contribution < 1.29 is 54.4 Å². The van der Waals surface area contributed by atoms with Crippen LogP contribution in [0.4, 0.5) is 0 Å². The summed E-state index contributed by atoms with van der Waals surface area (Å²) in [4.78, 5) is 40.3. The van der Waals surface area contributed by atoms with Gasteiger partial charge in [0.2, 0.25) is 17.6 Å². The summed E-state index contributed by atoms with van der Waals surface area (Å²) in [6.45, 7) is 12.2. The van der Waals surface area contributed by atoms with E-state index < -0.39 is 94.9 Å². The van der Waals surface area contributed by atoms with Gasteiger partial charge < -0.3 is 55.2 Å². The number of ether oxygens (including phenoxy) is 3. The summed E-state index contributed by atoms with van der Waals surface area (Å²) >= 11 is 0. The van der Waals surface area contributed by atoms with Gasteiger partial charge in [0, 0.05) is 37.3 Å². The minimum atomic E-state index is -2.34. The third-order valence-corrected chi connectivity index (χ3v) is 10.7. The molecule has 57 heavy (non-hydrogen) atoms. The molecule has 1 amide bonds. The van der Waals surface area contributed by atoms with Gasteiger partial charge in [0.15, 0.2) is 11.2 Å². The van der Waals surface area contributed by atoms with E-state index in [2.05, 4.69) is 10.3 Å². The van der Waals surface area contributed by atoms with Crippen molar-refractivity contribution in [1.82, 2.24) is 10.3 Å². The van der Waals surface area contributed by atoms with Crippen LogP contribution in [0.25, 0.3) is 0 Å². The molecule has 1 aromatic rings. The molecule has 0 aliphatic carbocycles. The maximum absolute atomic E-state index is 13.3. The number of carbonyl (C=O) groups excluding carboxylic acids is 2. The molecule has 1 aromatic heterocycles. The number of amides is 1. The van der Waals surface area contributed by atoms with Gasteiger partial charge in [0.1, 0.15) is 30.0 Å². The zero-order chi connectivity index (χ0) is 42.7. The third-order valence-electron chi connectivity index (χ3n) is 10.7. The predicted molar refractivity (Wildman–Crippen MR) is 215 cm³/mol. The van der Waals surface area contributed by atoms with Crippen molar-refractivity contribution in [3.63, 3.8) is 0 Å². The van der Waals surface area contributed by atoms with Gasteiger partial charge in [-0.05, 0) is 38.3 Å². The molecule has 2 aliphatic rings. The predicted octanol–water partition coefficient (Wildman–Crippen LogP) is 3.07. The number of methoxy groups -OCH3 is 1. The first-order chi connectivity index (χ1) is 26.9. The molecule has 11 atom stereocenters. The number of allylic oxidation sites excluding steroid dienone is 10. The van der Waals surface area contributed by atoms with Crippen molar-refractivity contribution >= 4 is 11.7 Å². The molecule has 0 saturated carbocycles. The van der Waals surface area contributed by atoms with E-state index in [-0.39, 0.29) is 24.1 Å². The van der Waals surface area contributed by atoms with Crippen LogP contribution in [0, 0.1) is 17.3 Å². The Morgan fingerprint density at radius 3 is 2.32 bits per heavy atom. The molecule has 2 aliphatic heterocycles. The molecule has 14 nitrogen and oxygen atoms in total. The van der Waals surface area contributed by atoms with Gasteiger partial charge in [-0.25, -0.2) is 0 Å². The summed E-state index contributed by atoms with van der Waals surface area (Å²) in [5.41, 5.74) is -0.922. The summed E-state index contributed by atoms with van der Waals surface area (Å²) < 4.78 is 17.8. The summed E-state index contributed by atoms with van der Waals surface area (Å²) in [6, 6.07) is 1.15. The number of carbonyl (C=O) groups is 2. The van der Waals surface area contributed by atoms with Crippen molar-refractivity contribution in [2.45, 2.75) is 110 Å². The van der Waals surface area contributed by atoms with E-state index in [0.29, 0.717) is 0 Å². The monoisotopic (exact) mass is 796 g/mol. The Bertz CT molecular complexity index is 1810. The van der Waals surface area contributed by atoms with Gasteiger partial charge in [0.05, 0.1) is 30.3 Å². The number of aliphatic hydroxyl groups excluding tert-OH is 4. The molecule has 0 radical (unpaired) electrons. The van der Waals surface area contributed by atoms with Gasteiger partial charge in [0.25, 0.3) is 0 Å². The fourth-order valence-corrected chi connectivity index (χ4v) is 7.12. The van der Waals surface area contributed by atoms with Crippen molar-refractivity contribution in [3.05, 3.63) is 112 Å². The van der Waals surface area contributed by atoms with Crippen LogP contribution < -0.4 is 10.7 Å². The van der Waals surface area contributed by atoms with E-state index in [1.807, 2.05) is 26.8 Å². The summed E-state index contributed by atoms with van der Waals surface area (Å²) in [7, 11) is 1.52. The molecule has 2 fully saturated rings. The molecule has 14 heteroatoms. The van der Waals surface area contributed by atoms with E-state index >= 15 is 0 Å². The van der Waals surface area contributed by atoms with E-state index in [9.17, 15) is 45.0 Å². The van der Waals surface area contributed by atoms with Crippen LogP contribution in [0.1, 0.15) is 65.2 Å². The lowest BCUT2D eigenvalue weighted by Gasteiger charge is -2.53. The summed E-state index contributed by atoms with van der Waals surface area (Å²) in [5.74, 6) is -5.64. The topological polar surface area (TPSA) is 228 Å². The van der Waals surface area contributed by atoms with Crippen LogP contribution >= 0.6 is 0 Å². The SMILES string of the molecule is C/C=C/C=C/[C@@H]1O[C@](O)([C@H](CC)C(=O)NC/C=C/C=C(\C)[C@@H](OC)[C@@H](C)[C@@H]2O[C@H](/C=C/C=C/C=C(\C)C(=O)c3c(O)[nH]ccc3=O)[C@H](O)[C@@H]2O)[C@H](O)[C@H](O)C1(C)C. The second kappa shape index (κ2) is 21.0. The number of nitrogens with one attached hydrogen (secondary N) is 2. The summed E-state index contributed by atoms with van der Waals surface area (Å²) in [5, 5.41) is 67.7. The lowest BCUT2D eigenvalue weighted by atomic mass is 9.71. The quantitative estimate of drug-likeness (QED) is 0.0647. The molecule has 0 aromatic carbocycles. The number of H-pyrrole nitrogens is 1. The fraction of sp³-hybridized carbons (Fsp3) is 0.512. The Morgan fingerprint density at radius 2 is 1.68 bits per heavy atom. The lowest BCUT2D eigenvalue weighted by molar-refractivity contribution is -0.359. The normalized spacial score (nSPS) is 30.2. The van der Waals surface area contributed by atoms with E-state index in [4.69, 9.17) is 14.2 Å². The van der Waals surface area contributed by atoms with E-state index in [1.165, 1.54) is 26.3 Å². The highest BCUT2D eigenvalue weighted by Gasteiger charge is 2.60. The van der Waals surface area contributed by atoms with Crippen LogP contribution in [-0.4, -0.2) is 116 Å². The van der Waals surface area contributed by atoms with Crippen LogP contribution in [0.2, 0.25) is 0 Å². The molecule has 0 unspecified atom stereocenters. The average Bonchev–Trinajstić information content (AvgIpc) is 3.45. The first kappa shape index (κ1) is 47.1. The van der Waals surface area contributed by atoms with Gasteiger partial charge >= 0.3 is 0 Å². The van der Waals surface area contributed by atoms with Crippen LogP contribution in [0.3, 0.4) is 0 Å². The highest BCUT2D eigenvalue weighted by molar-refractivity contribution is 6.09. The minimum Gasteiger partial charge on any atom is -0.494 e. The molecule has 314 valence electrons. The molecular formula is C43H60N2O12.